The van der Waals surface area contributed by atoms with Crippen molar-refractivity contribution in [1.29, 1.82) is 0 Å². The zero-order valence-electron chi connectivity index (χ0n) is 13.6. The van der Waals surface area contributed by atoms with E-state index in [2.05, 4.69) is 5.10 Å². The number of carbonyl (C=O) groups is 1. The Morgan fingerprint density at radius 2 is 1.88 bits per heavy atom. The Bertz CT molecular complexity index is 780. The summed E-state index contributed by atoms with van der Waals surface area (Å²) in [4.78, 5) is 26.5. The molecular formula is C18H20FN3O2. The molecule has 6 heteroatoms. The Balaban J connectivity index is 1.89. The first-order valence-corrected chi connectivity index (χ1v) is 8.17. The molecule has 24 heavy (non-hydrogen) atoms. The van der Waals surface area contributed by atoms with Gasteiger partial charge in [0.15, 0.2) is 0 Å². The molecular weight excluding hydrogens is 309 g/mol. The zero-order valence-corrected chi connectivity index (χ0v) is 13.6. The molecule has 0 aliphatic heterocycles. The molecule has 1 fully saturated rings. The van der Waals surface area contributed by atoms with E-state index in [9.17, 15) is 14.0 Å². The number of halogens is 1. The second-order valence-electron chi connectivity index (χ2n) is 6.15. The van der Waals surface area contributed by atoms with Crippen molar-refractivity contribution in [2.75, 3.05) is 4.90 Å². The van der Waals surface area contributed by atoms with E-state index in [1.54, 1.807) is 30.0 Å². The summed E-state index contributed by atoms with van der Waals surface area (Å²) in [6.07, 6.45) is 3.97. The summed E-state index contributed by atoms with van der Waals surface area (Å²) in [7, 11) is 0. The van der Waals surface area contributed by atoms with E-state index in [1.165, 1.54) is 22.9 Å². The van der Waals surface area contributed by atoms with Gasteiger partial charge in [0.2, 0.25) is 5.91 Å². The molecule has 126 valence electrons. The predicted molar refractivity (Wildman–Crippen MR) is 89.4 cm³/mol. The van der Waals surface area contributed by atoms with Crippen LogP contribution in [0.25, 0.3) is 0 Å². The first kappa shape index (κ1) is 16.4. The maximum Gasteiger partial charge on any atom is 0.267 e. The smallest absolute Gasteiger partial charge is 0.267 e. The molecule has 0 unspecified atom stereocenters. The number of hydrogen-bond acceptors (Lipinski definition) is 3. The van der Waals surface area contributed by atoms with E-state index in [0.29, 0.717) is 11.4 Å². The van der Waals surface area contributed by atoms with Gasteiger partial charge in [0, 0.05) is 17.8 Å². The molecule has 1 aromatic carbocycles. The highest BCUT2D eigenvalue weighted by molar-refractivity contribution is 5.93. The van der Waals surface area contributed by atoms with E-state index < -0.39 is 0 Å². The van der Waals surface area contributed by atoms with Crippen LogP contribution in [0.1, 0.15) is 31.4 Å². The SMILES string of the molecule is Cc1ccc(=O)n(CC(=O)N(c2ccc(F)cc2)C2CCCC2)n1. The van der Waals surface area contributed by atoms with Crippen molar-refractivity contribution in [3.8, 4) is 0 Å². The second-order valence-corrected chi connectivity index (χ2v) is 6.15. The third-order valence-electron chi connectivity index (χ3n) is 4.35. The molecule has 1 aromatic heterocycles. The Hall–Kier alpha value is -2.50. The molecule has 3 rings (SSSR count). The van der Waals surface area contributed by atoms with Crippen LogP contribution in [-0.2, 0) is 11.3 Å². The highest BCUT2D eigenvalue weighted by Gasteiger charge is 2.28. The van der Waals surface area contributed by atoms with Crippen molar-refractivity contribution in [3.05, 3.63) is 58.3 Å². The number of aromatic nitrogens is 2. The molecule has 1 amide bonds. The van der Waals surface area contributed by atoms with Gasteiger partial charge in [0.25, 0.3) is 5.56 Å². The normalized spacial score (nSPS) is 14.8. The van der Waals surface area contributed by atoms with Gasteiger partial charge < -0.3 is 4.90 Å². The fourth-order valence-corrected chi connectivity index (χ4v) is 3.19. The summed E-state index contributed by atoms with van der Waals surface area (Å²) in [6, 6.07) is 9.04. The molecule has 1 aliphatic rings. The number of carbonyl (C=O) groups excluding carboxylic acids is 1. The summed E-state index contributed by atoms with van der Waals surface area (Å²) in [5.74, 6) is -0.539. The molecule has 0 atom stereocenters. The number of hydrogen-bond donors (Lipinski definition) is 0. The second kappa shape index (κ2) is 6.95. The third kappa shape index (κ3) is 3.53. The van der Waals surface area contributed by atoms with E-state index in [4.69, 9.17) is 0 Å². The van der Waals surface area contributed by atoms with Crippen LogP contribution in [0.15, 0.2) is 41.2 Å². The van der Waals surface area contributed by atoms with E-state index in [-0.39, 0.29) is 29.9 Å². The lowest BCUT2D eigenvalue weighted by Crippen LogP contribution is -2.42. The third-order valence-corrected chi connectivity index (χ3v) is 4.35. The average Bonchev–Trinajstić information content (AvgIpc) is 3.07. The number of rotatable bonds is 4. The molecule has 0 saturated heterocycles. The highest BCUT2D eigenvalue weighted by atomic mass is 19.1. The van der Waals surface area contributed by atoms with Gasteiger partial charge in [0.1, 0.15) is 12.4 Å². The van der Waals surface area contributed by atoms with Gasteiger partial charge in [-0.25, -0.2) is 9.07 Å². The quantitative estimate of drug-likeness (QED) is 0.866. The maximum atomic E-state index is 13.2. The van der Waals surface area contributed by atoms with Crippen LogP contribution in [0, 0.1) is 12.7 Å². The lowest BCUT2D eigenvalue weighted by molar-refractivity contribution is -0.119. The topological polar surface area (TPSA) is 55.2 Å². The molecule has 0 bridgehead atoms. The molecule has 1 heterocycles. The molecule has 0 radical (unpaired) electrons. The largest absolute Gasteiger partial charge is 0.308 e. The van der Waals surface area contributed by atoms with E-state index >= 15 is 0 Å². The van der Waals surface area contributed by atoms with Crippen LogP contribution < -0.4 is 10.5 Å². The van der Waals surface area contributed by atoms with Crippen LogP contribution in [0.5, 0.6) is 0 Å². The number of anilines is 1. The summed E-state index contributed by atoms with van der Waals surface area (Å²) >= 11 is 0. The molecule has 1 aliphatic carbocycles. The van der Waals surface area contributed by atoms with Gasteiger partial charge in [-0.1, -0.05) is 12.8 Å². The van der Waals surface area contributed by atoms with E-state index in [1.807, 2.05) is 0 Å². The van der Waals surface area contributed by atoms with Gasteiger partial charge >= 0.3 is 0 Å². The van der Waals surface area contributed by atoms with Crippen molar-refractivity contribution in [2.45, 2.75) is 45.2 Å². The van der Waals surface area contributed by atoms with Crippen molar-refractivity contribution in [1.82, 2.24) is 9.78 Å². The fraction of sp³-hybridized carbons (Fsp3) is 0.389. The van der Waals surface area contributed by atoms with Crippen LogP contribution >= 0.6 is 0 Å². The van der Waals surface area contributed by atoms with Crippen LogP contribution in [-0.4, -0.2) is 21.7 Å². The summed E-state index contributed by atoms with van der Waals surface area (Å²) in [5.41, 5.74) is 1.03. The summed E-state index contributed by atoms with van der Waals surface area (Å²) in [6.45, 7) is 1.66. The molecule has 5 nitrogen and oxygen atoms in total. The van der Waals surface area contributed by atoms with Crippen molar-refractivity contribution in [3.63, 3.8) is 0 Å². The van der Waals surface area contributed by atoms with Crippen LogP contribution in [0.2, 0.25) is 0 Å². The number of amides is 1. The first-order valence-electron chi connectivity index (χ1n) is 8.17. The minimum Gasteiger partial charge on any atom is -0.308 e. The average molecular weight is 329 g/mol. The first-order chi connectivity index (χ1) is 11.5. The standard InChI is InChI=1S/C18H20FN3O2/c1-13-6-11-17(23)21(20-13)12-18(24)22(15-4-2-3-5-15)16-9-7-14(19)8-10-16/h6-11,15H,2-5,12H2,1H3. The van der Waals surface area contributed by atoms with Gasteiger partial charge in [0.05, 0.1) is 5.69 Å². The van der Waals surface area contributed by atoms with Crippen molar-refractivity contribution >= 4 is 11.6 Å². The van der Waals surface area contributed by atoms with Crippen molar-refractivity contribution in [2.24, 2.45) is 0 Å². The number of aryl methyl sites for hydroxylation is 1. The van der Waals surface area contributed by atoms with Gasteiger partial charge in [-0.05, 0) is 50.1 Å². The Morgan fingerprint density at radius 1 is 1.21 bits per heavy atom. The summed E-state index contributed by atoms with van der Waals surface area (Å²) < 4.78 is 14.4. The van der Waals surface area contributed by atoms with Gasteiger partial charge in [-0.15, -0.1) is 0 Å². The van der Waals surface area contributed by atoms with Crippen LogP contribution in [0.3, 0.4) is 0 Å². The molecule has 2 aromatic rings. The lowest BCUT2D eigenvalue weighted by atomic mass is 10.1. The Morgan fingerprint density at radius 3 is 2.54 bits per heavy atom. The highest BCUT2D eigenvalue weighted by Crippen LogP contribution is 2.28. The minimum absolute atomic E-state index is 0.0865. The van der Waals surface area contributed by atoms with E-state index in [0.717, 1.165) is 25.7 Å². The van der Waals surface area contributed by atoms with Gasteiger partial charge in [-0.3, -0.25) is 9.59 Å². The molecule has 0 spiro atoms. The lowest BCUT2D eigenvalue weighted by Gasteiger charge is -2.29. The molecule has 1 saturated carbocycles. The monoisotopic (exact) mass is 329 g/mol. The maximum absolute atomic E-state index is 13.2. The zero-order chi connectivity index (χ0) is 17.1. The van der Waals surface area contributed by atoms with Crippen LogP contribution in [0.4, 0.5) is 10.1 Å². The Labute approximate surface area is 139 Å². The Kier molecular flexibility index (Phi) is 4.74. The van der Waals surface area contributed by atoms with Gasteiger partial charge in [-0.2, -0.15) is 5.10 Å². The number of nitrogens with zero attached hydrogens (tertiary/aromatic N) is 3. The predicted octanol–water partition coefficient (Wildman–Crippen LogP) is 2.67. The minimum atomic E-state index is -0.339. The fourth-order valence-electron chi connectivity index (χ4n) is 3.19. The number of benzene rings is 1. The summed E-state index contributed by atoms with van der Waals surface area (Å²) in [5, 5.41) is 4.13. The molecule has 0 N–H and O–H groups in total. The van der Waals surface area contributed by atoms with Crippen molar-refractivity contribution < 1.29 is 9.18 Å².